The normalized spacial score (nSPS) is 14.4. The lowest BCUT2D eigenvalue weighted by molar-refractivity contribution is -0.0552. The van der Waals surface area contributed by atoms with Crippen molar-refractivity contribution in [1.82, 2.24) is 9.97 Å². The van der Waals surface area contributed by atoms with Gasteiger partial charge in [-0.25, -0.2) is 9.78 Å². The molecular weight excluding hydrogens is 262 g/mol. The lowest BCUT2D eigenvalue weighted by Crippen LogP contribution is -2.42. The Labute approximate surface area is 94.6 Å². The van der Waals surface area contributed by atoms with Gasteiger partial charge in [0.1, 0.15) is 5.69 Å². The fourth-order valence-electron chi connectivity index (χ4n) is 0.870. The van der Waals surface area contributed by atoms with Crippen molar-refractivity contribution in [3.8, 4) is 0 Å². The van der Waals surface area contributed by atoms with Crippen LogP contribution in [0, 0.1) is 0 Å². The predicted octanol–water partition coefficient (Wildman–Crippen LogP) is 0.436. The van der Waals surface area contributed by atoms with Crippen LogP contribution in [0.1, 0.15) is 17.4 Å². The first-order chi connectivity index (χ1) is 7.66. The number of rotatable bonds is 4. The van der Waals surface area contributed by atoms with E-state index in [0.717, 1.165) is 12.5 Å². The van der Waals surface area contributed by atoms with Gasteiger partial charge in [0.15, 0.2) is 6.10 Å². The van der Waals surface area contributed by atoms with Gasteiger partial charge >= 0.3 is 21.3 Å². The van der Waals surface area contributed by atoms with Crippen molar-refractivity contribution < 1.29 is 31.3 Å². The molecule has 96 valence electrons. The fourth-order valence-corrected chi connectivity index (χ4v) is 1.34. The molecule has 0 saturated heterocycles. The lowest BCUT2D eigenvalue weighted by atomic mass is 10.4. The third kappa shape index (κ3) is 2.77. The summed E-state index contributed by atoms with van der Waals surface area (Å²) in [4.78, 5) is 16.9. The maximum Gasteiger partial charge on any atom is 0.405 e. The summed E-state index contributed by atoms with van der Waals surface area (Å²) in [6.07, 6.45) is -0.212. The highest BCUT2D eigenvalue weighted by atomic mass is 32.2. The summed E-state index contributed by atoms with van der Waals surface area (Å²) < 4.78 is 59.1. The molecule has 2 N–H and O–H groups in total. The van der Waals surface area contributed by atoms with Crippen LogP contribution in [0.25, 0.3) is 0 Å². The number of imidazole rings is 1. The number of carbonyl (C=O) groups excluding carboxylic acids is 1. The molecule has 7 nitrogen and oxygen atoms in total. The van der Waals surface area contributed by atoms with E-state index in [9.17, 15) is 22.0 Å². The summed E-state index contributed by atoms with van der Waals surface area (Å²) in [5.74, 6) is -1.21. The van der Waals surface area contributed by atoms with Gasteiger partial charge in [-0.1, -0.05) is 0 Å². The summed E-state index contributed by atoms with van der Waals surface area (Å²) in [7, 11) is -5.65. The summed E-state index contributed by atoms with van der Waals surface area (Å²) in [5.41, 5.74) is -0.219. The number of H-pyrrole nitrogens is 1. The summed E-state index contributed by atoms with van der Waals surface area (Å²) >= 11 is 0. The Morgan fingerprint density at radius 2 is 2.24 bits per heavy atom. The standard InChI is InChI=1S/C7H8F2N2O5S/c1-4(7(8,9)17(13,14)15)16-6(12)5-2-10-3-11-5/h2-4H,1H3,(H,10,11)(H,13,14,15). The summed E-state index contributed by atoms with van der Waals surface area (Å²) in [5, 5.41) is -4.58. The highest BCUT2D eigenvalue weighted by molar-refractivity contribution is 7.86. The molecule has 0 aliphatic heterocycles. The fraction of sp³-hybridized carbons (Fsp3) is 0.429. The lowest BCUT2D eigenvalue weighted by Gasteiger charge is -2.20. The first-order valence-corrected chi connectivity index (χ1v) is 5.64. The van der Waals surface area contributed by atoms with E-state index in [0.29, 0.717) is 6.92 Å². The van der Waals surface area contributed by atoms with Gasteiger partial charge in [-0.15, -0.1) is 0 Å². The Balaban J connectivity index is 2.80. The number of esters is 1. The smallest absolute Gasteiger partial charge is 0.405 e. The van der Waals surface area contributed by atoms with E-state index < -0.39 is 27.4 Å². The largest absolute Gasteiger partial charge is 0.450 e. The topological polar surface area (TPSA) is 109 Å². The number of nitrogens with zero attached hydrogens (tertiary/aromatic N) is 1. The van der Waals surface area contributed by atoms with Crippen molar-refractivity contribution in [2.24, 2.45) is 0 Å². The van der Waals surface area contributed by atoms with Gasteiger partial charge in [0.25, 0.3) is 0 Å². The van der Waals surface area contributed by atoms with Crippen molar-refractivity contribution in [1.29, 1.82) is 0 Å². The maximum absolute atomic E-state index is 13.0. The van der Waals surface area contributed by atoms with Gasteiger partial charge in [0, 0.05) is 0 Å². The van der Waals surface area contributed by atoms with Crippen LogP contribution < -0.4 is 0 Å². The molecule has 0 aliphatic rings. The highest BCUT2D eigenvalue weighted by Crippen LogP contribution is 2.27. The van der Waals surface area contributed by atoms with E-state index in [-0.39, 0.29) is 5.69 Å². The maximum atomic E-state index is 13.0. The molecule has 0 aliphatic carbocycles. The van der Waals surface area contributed by atoms with Gasteiger partial charge in [-0.05, 0) is 6.92 Å². The molecule has 1 atom stereocenters. The number of ether oxygens (including phenoxy) is 1. The Morgan fingerprint density at radius 1 is 1.65 bits per heavy atom. The monoisotopic (exact) mass is 270 g/mol. The van der Waals surface area contributed by atoms with Crippen molar-refractivity contribution in [2.45, 2.75) is 18.3 Å². The molecule has 1 aromatic rings. The molecule has 1 rings (SSSR count). The number of aromatic nitrogens is 2. The Bertz CT molecular complexity index is 498. The van der Waals surface area contributed by atoms with Crippen LogP contribution in [0.4, 0.5) is 8.78 Å². The van der Waals surface area contributed by atoms with Crippen LogP contribution >= 0.6 is 0 Å². The number of halogens is 2. The van der Waals surface area contributed by atoms with Crippen molar-refractivity contribution >= 4 is 16.1 Å². The predicted molar refractivity (Wildman–Crippen MR) is 50.0 cm³/mol. The molecule has 0 bridgehead atoms. The van der Waals surface area contributed by atoms with Crippen LogP contribution in [0.5, 0.6) is 0 Å². The van der Waals surface area contributed by atoms with Crippen molar-refractivity contribution in [2.75, 3.05) is 0 Å². The number of hydrogen-bond acceptors (Lipinski definition) is 5. The van der Waals surface area contributed by atoms with E-state index in [1.807, 2.05) is 0 Å². The van der Waals surface area contributed by atoms with Crippen LogP contribution in [0.2, 0.25) is 0 Å². The Hall–Kier alpha value is -1.55. The molecule has 10 heteroatoms. The first-order valence-electron chi connectivity index (χ1n) is 4.20. The molecule has 0 radical (unpaired) electrons. The Morgan fingerprint density at radius 3 is 2.65 bits per heavy atom. The van der Waals surface area contributed by atoms with E-state index in [2.05, 4.69) is 14.7 Å². The molecular formula is C7H8F2N2O5S. The minimum absolute atomic E-state index is 0.219. The zero-order valence-electron chi connectivity index (χ0n) is 8.42. The molecule has 1 aromatic heterocycles. The van der Waals surface area contributed by atoms with Crippen LogP contribution in [0.3, 0.4) is 0 Å². The molecule has 0 fully saturated rings. The van der Waals surface area contributed by atoms with E-state index in [1.54, 1.807) is 0 Å². The van der Waals surface area contributed by atoms with E-state index in [1.165, 1.54) is 0 Å². The van der Waals surface area contributed by atoms with E-state index >= 15 is 0 Å². The average Bonchev–Trinajstić information content (AvgIpc) is 2.68. The van der Waals surface area contributed by atoms with Gasteiger partial charge in [0.2, 0.25) is 0 Å². The summed E-state index contributed by atoms with van der Waals surface area (Å²) in [6.45, 7) is 0.641. The second-order valence-corrected chi connectivity index (χ2v) is 4.54. The third-order valence-corrected chi connectivity index (χ3v) is 2.84. The molecule has 1 heterocycles. The second-order valence-electron chi connectivity index (χ2n) is 3.05. The molecule has 0 spiro atoms. The number of alkyl halides is 2. The number of hydrogen-bond donors (Lipinski definition) is 2. The number of nitrogens with one attached hydrogen (secondary N) is 1. The average molecular weight is 270 g/mol. The summed E-state index contributed by atoms with van der Waals surface area (Å²) in [6, 6.07) is 0. The van der Waals surface area contributed by atoms with Crippen LogP contribution in [0.15, 0.2) is 12.5 Å². The number of carbonyl (C=O) groups is 1. The first kappa shape index (κ1) is 13.5. The van der Waals surface area contributed by atoms with Crippen molar-refractivity contribution in [3.63, 3.8) is 0 Å². The molecule has 0 aromatic carbocycles. The second kappa shape index (κ2) is 4.37. The minimum atomic E-state index is -5.65. The van der Waals surface area contributed by atoms with Gasteiger partial charge < -0.3 is 9.72 Å². The van der Waals surface area contributed by atoms with Crippen molar-refractivity contribution in [3.05, 3.63) is 18.2 Å². The van der Waals surface area contributed by atoms with E-state index in [4.69, 9.17) is 4.55 Å². The third-order valence-electron chi connectivity index (χ3n) is 1.82. The van der Waals surface area contributed by atoms with Gasteiger partial charge in [-0.3, -0.25) is 4.55 Å². The molecule has 17 heavy (non-hydrogen) atoms. The van der Waals surface area contributed by atoms with Crippen LogP contribution in [-0.4, -0.2) is 40.3 Å². The SMILES string of the molecule is CC(OC(=O)c1cnc[nH]1)C(F)(F)S(=O)(=O)O. The zero-order chi connectivity index (χ0) is 13.3. The number of aromatic amines is 1. The molecule has 0 saturated carbocycles. The molecule has 1 unspecified atom stereocenters. The molecule has 0 amide bonds. The Kier molecular flexibility index (Phi) is 3.48. The highest BCUT2D eigenvalue weighted by Gasteiger charge is 2.52. The van der Waals surface area contributed by atoms with Gasteiger partial charge in [0.05, 0.1) is 12.5 Å². The quantitative estimate of drug-likeness (QED) is 0.606. The van der Waals surface area contributed by atoms with Crippen LogP contribution in [-0.2, 0) is 14.9 Å². The van der Waals surface area contributed by atoms with Gasteiger partial charge in [-0.2, -0.15) is 17.2 Å². The zero-order valence-corrected chi connectivity index (χ0v) is 9.24. The minimum Gasteiger partial charge on any atom is -0.450 e.